The Morgan fingerprint density at radius 1 is 1.41 bits per heavy atom. The summed E-state index contributed by atoms with van der Waals surface area (Å²) in [5.41, 5.74) is 6.37. The Morgan fingerprint density at radius 2 is 2.11 bits per heavy atom. The first kappa shape index (κ1) is 19.5. The van der Waals surface area contributed by atoms with Crippen molar-refractivity contribution in [1.29, 1.82) is 0 Å². The summed E-state index contributed by atoms with van der Waals surface area (Å²) < 4.78 is 1.77. The molecule has 1 amide bonds. The van der Waals surface area contributed by atoms with E-state index >= 15 is 0 Å². The molecular formula is C16H22N5O5S+. The number of anilines is 1. The van der Waals surface area contributed by atoms with Crippen LogP contribution in [-0.2, 0) is 16.1 Å². The highest BCUT2D eigenvalue weighted by Crippen LogP contribution is 2.39. The Kier molecular flexibility index (Phi) is 5.95. The van der Waals surface area contributed by atoms with Crippen LogP contribution < -0.4 is 15.2 Å². The highest BCUT2D eigenvalue weighted by molar-refractivity contribution is 8.00. The third-order valence-corrected chi connectivity index (χ3v) is 5.84. The van der Waals surface area contributed by atoms with Crippen LogP contribution in [-0.4, -0.2) is 80.6 Å². The van der Waals surface area contributed by atoms with Gasteiger partial charge in [-0.1, -0.05) is 0 Å². The van der Waals surface area contributed by atoms with Gasteiger partial charge in [-0.3, -0.25) is 9.69 Å². The van der Waals surface area contributed by atoms with Gasteiger partial charge < -0.3 is 26.0 Å². The topological polar surface area (TPSA) is 144 Å². The number of aliphatic carboxylic acids is 1. The van der Waals surface area contributed by atoms with E-state index in [-0.39, 0.29) is 36.7 Å². The molecule has 1 aromatic heterocycles. The van der Waals surface area contributed by atoms with Gasteiger partial charge >= 0.3 is 5.97 Å². The number of hydrogen-bond donors (Lipinski definition) is 4. The predicted molar refractivity (Wildman–Crippen MR) is 96.5 cm³/mol. The molecule has 0 spiro atoms. The number of β-lactam (4-membered cyclic amide) rings is 1. The van der Waals surface area contributed by atoms with Crippen LogP contribution in [0.2, 0.25) is 0 Å². The first-order chi connectivity index (χ1) is 13.0. The number of carbonyl (C=O) groups is 2. The van der Waals surface area contributed by atoms with E-state index in [1.807, 2.05) is 0 Å². The molecule has 1 aromatic rings. The number of aromatic nitrogens is 2. The molecule has 1 unspecified atom stereocenters. The number of carboxylic acids is 1. The molecule has 3 rings (SSSR count). The molecule has 1 saturated heterocycles. The highest BCUT2D eigenvalue weighted by Gasteiger charge is 2.52. The third kappa shape index (κ3) is 3.76. The van der Waals surface area contributed by atoms with Gasteiger partial charge in [0.25, 0.3) is 0 Å². The van der Waals surface area contributed by atoms with Crippen LogP contribution in [0.3, 0.4) is 0 Å². The molecule has 1 fully saturated rings. The Morgan fingerprint density at radius 3 is 2.74 bits per heavy atom. The second-order valence-electron chi connectivity index (χ2n) is 6.21. The average molecular weight is 396 g/mol. The molecule has 2 atom stereocenters. The molecule has 0 aromatic carbocycles. The van der Waals surface area contributed by atoms with Crippen LogP contribution in [0.1, 0.15) is 0 Å². The largest absolute Gasteiger partial charge is 0.477 e. The first-order valence-electron chi connectivity index (χ1n) is 8.45. The number of aliphatic hydroxyl groups excluding tert-OH is 2. The van der Waals surface area contributed by atoms with Crippen molar-refractivity contribution >= 4 is 29.5 Å². The van der Waals surface area contributed by atoms with E-state index in [0.717, 1.165) is 0 Å². The fourth-order valence-electron chi connectivity index (χ4n) is 3.19. The maximum Gasteiger partial charge on any atom is 0.352 e. The van der Waals surface area contributed by atoms with Gasteiger partial charge in [0.15, 0.2) is 18.6 Å². The summed E-state index contributed by atoms with van der Waals surface area (Å²) in [6.45, 7) is 0.749. The van der Waals surface area contributed by atoms with Gasteiger partial charge in [-0.25, -0.2) is 9.78 Å². The van der Waals surface area contributed by atoms with Crippen molar-refractivity contribution in [3.05, 3.63) is 29.9 Å². The van der Waals surface area contributed by atoms with Crippen molar-refractivity contribution in [1.82, 2.24) is 9.88 Å². The fourth-order valence-corrected chi connectivity index (χ4v) is 4.47. The quantitative estimate of drug-likeness (QED) is 0.283. The molecule has 11 heteroatoms. The van der Waals surface area contributed by atoms with Gasteiger partial charge in [0.1, 0.15) is 17.1 Å². The van der Waals surface area contributed by atoms with Crippen molar-refractivity contribution < 1.29 is 29.5 Å². The van der Waals surface area contributed by atoms with Crippen LogP contribution in [0.5, 0.6) is 0 Å². The van der Waals surface area contributed by atoms with Gasteiger partial charge in [-0.15, -0.1) is 11.8 Å². The van der Waals surface area contributed by atoms with Crippen LogP contribution in [0, 0.1) is 0 Å². The lowest BCUT2D eigenvalue weighted by Gasteiger charge is -2.47. The Bertz CT molecular complexity index is 767. The molecule has 27 heavy (non-hydrogen) atoms. The number of aliphatic hydroxyl groups is 2. The summed E-state index contributed by atoms with van der Waals surface area (Å²) in [5, 5.41) is 27.6. The zero-order chi connectivity index (χ0) is 19.6. The van der Waals surface area contributed by atoms with Crippen LogP contribution in [0.4, 0.5) is 5.82 Å². The van der Waals surface area contributed by atoms with Crippen LogP contribution >= 0.6 is 11.8 Å². The highest BCUT2D eigenvalue weighted by atomic mass is 32.2. The summed E-state index contributed by atoms with van der Waals surface area (Å²) in [7, 11) is 0. The number of amides is 1. The van der Waals surface area contributed by atoms with Crippen molar-refractivity contribution in [3.8, 4) is 0 Å². The maximum atomic E-state index is 12.0. The van der Waals surface area contributed by atoms with Crippen molar-refractivity contribution in [3.63, 3.8) is 0 Å². The molecule has 146 valence electrons. The third-order valence-electron chi connectivity index (χ3n) is 4.47. The molecule has 0 radical (unpaired) electrons. The predicted octanol–water partition coefficient (Wildman–Crippen LogP) is -2.26. The molecule has 10 nitrogen and oxygen atoms in total. The average Bonchev–Trinajstić information content (AvgIpc) is 2.66. The molecule has 0 bridgehead atoms. The maximum absolute atomic E-state index is 12.0. The molecule has 2 aliphatic heterocycles. The molecular weight excluding hydrogens is 374 g/mol. The summed E-state index contributed by atoms with van der Waals surface area (Å²) in [6.07, 6.45) is 4.99. The molecule has 0 saturated carbocycles. The summed E-state index contributed by atoms with van der Waals surface area (Å²) in [5.74, 6) is -0.500. The standard InChI is InChI=1S/C16H21N5O5S/c17-12-14(24)21-13(16(25)26)10(9-27-15(12)21)7-19-2-1-18-11(8-19)20(3-5-22)4-6-23/h1-2,8,12,15,22-23H,3-7,9,17H2/p+1/t12?,15-/m1/s1. The van der Waals surface area contributed by atoms with E-state index in [0.29, 0.717) is 30.2 Å². The number of carbonyl (C=O) groups excluding carboxylic acids is 1. The van der Waals surface area contributed by atoms with E-state index in [4.69, 9.17) is 5.73 Å². The second kappa shape index (κ2) is 8.21. The van der Waals surface area contributed by atoms with E-state index in [1.165, 1.54) is 16.7 Å². The lowest BCUT2D eigenvalue weighted by Crippen LogP contribution is -2.68. The minimum absolute atomic E-state index is 0.00103. The Hall–Kier alpha value is -2.21. The zero-order valence-electron chi connectivity index (χ0n) is 14.6. The number of hydrogen-bond acceptors (Lipinski definition) is 8. The Balaban J connectivity index is 1.86. The minimum Gasteiger partial charge on any atom is -0.477 e. The SMILES string of the molecule is NC1C(=O)N2C(C(=O)O)=C(C[n+]3ccnc(N(CCO)CCO)c3)CS[C@H]12. The number of rotatable bonds is 8. The molecule has 5 N–H and O–H groups in total. The monoisotopic (exact) mass is 396 g/mol. The molecule has 0 aliphatic carbocycles. The van der Waals surface area contributed by atoms with E-state index in [9.17, 15) is 24.9 Å². The van der Waals surface area contributed by atoms with Crippen LogP contribution in [0.15, 0.2) is 29.9 Å². The zero-order valence-corrected chi connectivity index (χ0v) is 15.4. The number of nitrogens with two attached hydrogens (primary N) is 1. The van der Waals surface area contributed by atoms with Gasteiger partial charge in [0.05, 0.1) is 19.4 Å². The fraction of sp³-hybridized carbons (Fsp3) is 0.500. The lowest BCUT2D eigenvalue weighted by molar-refractivity contribution is -0.688. The van der Waals surface area contributed by atoms with Crippen LogP contribution in [0.25, 0.3) is 0 Å². The van der Waals surface area contributed by atoms with Crippen molar-refractivity contribution in [2.24, 2.45) is 5.73 Å². The minimum atomic E-state index is -1.15. The lowest BCUT2D eigenvalue weighted by atomic mass is 10.0. The van der Waals surface area contributed by atoms with Gasteiger partial charge in [-0.05, 0) is 0 Å². The normalized spacial score (nSPS) is 21.7. The van der Waals surface area contributed by atoms with Gasteiger partial charge in [0, 0.05) is 24.4 Å². The second-order valence-corrected chi connectivity index (χ2v) is 7.32. The molecule has 2 aliphatic rings. The van der Waals surface area contributed by atoms with Gasteiger partial charge in [0.2, 0.25) is 12.1 Å². The van der Waals surface area contributed by atoms with Crippen molar-refractivity contribution in [2.75, 3.05) is 37.0 Å². The first-order valence-corrected chi connectivity index (χ1v) is 9.50. The van der Waals surface area contributed by atoms with E-state index in [1.54, 1.807) is 28.1 Å². The smallest absolute Gasteiger partial charge is 0.352 e. The summed E-state index contributed by atoms with van der Waals surface area (Å²) in [4.78, 5) is 31.0. The number of thioether (sulfide) groups is 1. The Labute approximate surface area is 159 Å². The van der Waals surface area contributed by atoms with Gasteiger partial charge in [-0.2, -0.15) is 4.57 Å². The molecule has 3 heterocycles. The van der Waals surface area contributed by atoms with Crippen molar-refractivity contribution in [2.45, 2.75) is 18.0 Å². The summed E-state index contributed by atoms with van der Waals surface area (Å²) >= 11 is 1.45. The number of nitrogens with zero attached hydrogens (tertiary/aromatic N) is 4. The van der Waals surface area contributed by atoms with E-state index < -0.39 is 12.0 Å². The number of fused-ring (bicyclic) bond motifs is 1. The summed E-state index contributed by atoms with van der Waals surface area (Å²) in [6, 6.07) is -0.656. The van der Waals surface area contributed by atoms with E-state index in [2.05, 4.69) is 4.98 Å². The number of carboxylic acid groups (broad SMARTS) is 1.